The molecule has 7 heteroatoms. The van der Waals surface area contributed by atoms with Crippen molar-refractivity contribution in [3.8, 4) is 5.75 Å². The number of hydrogen-bond acceptors (Lipinski definition) is 6. The summed E-state index contributed by atoms with van der Waals surface area (Å²) in [5.74, 6) is 0.0528. The van der Waals surface area contributed by atoms with E-state index in [0.717, 1.165) is 5.56 Å². The number of carbonyl (C=O) groups excluding carboxylic acids is 2. The number of carbonyl (C=O) groups is 2. The minimum atomic E-state index is -0.484. The lowest BCUT2D eigenvalue weighted by molar-refractivity contribution is -0.141. The molecule has 2 aromatic rings. The van der Waals surface area contributed by atoms with E-state index >= 15 is 0 Å². The zero-order valence-electron chi connectivity index (χ0n) is 13.2. The number of nitrogens with one attached hydrogen (secondary N) is 1. The molecule has 1 aromatic heterocycles. The molecule has 1 heterocycles. The van der Waals surface area contributed by atoms with Crippen molar-refractivity contribution in [1.82, 2.24) is 10.3 Å². The standard InChI is InChI=1S/C16H18N2O4S/c1-10-15(23-9-17-10)16(20)18-13(8-14(19)22-3)11-4-6-12(21-2)7-5-11/h4-7,9,13H,8H2,1-3H3,(H,18,20). The molecule has 2 rings (SSSR count). The highest BCUT2D eigenvalue weighted by Crippen LogP contribution is 2.22. The molecule has 1 aromatic carbocycles. The van der Waals surface area contributed by atoms with Crippen molar-refractivity contribution in [3.05, 3.63) is 45.9 Å². The van der Waals surface area contributed by atoms with Crippen LogP contribution in [0.25, 0.3) is 0 Å². The predicted octanol–water partition coefficient (Wildman–Crippen LogP) is 2.49. The summed E-state index contributed by atoms with van der Waals surface area (Å²) in [6, 6.07) is 6.70. The topological polar surface area (TPSA) is 77.5 Å². The Labute approximate surface area is 138 Å². The Morgan fingerprint density at radius 2 is 1.96 bits per heavy atom. The zero-order chi connectivity index (χ0) is 16.8. The number of ether oxygens (including phenoxy) is 2. The van der Waals surface area contributed by atoms with E-state index in [1.807, 2.05) is 12.1 Å². The van der Waals surface area contributed by atoms with Crippen molar-refractivity contribution >= 4 is 23.2 Å². The van der Waals surface area contributed by atoms with Crippen LogP contribution in [0, 0.1) is 6.92 Å². The molecule has 0 aliphatic rings. The first-order valence-corrected chi connectivity index (χ1v) is 7.84. The third kappa shape index (κ3) is 4.29. The highest BCUT2D eigenvalue weighted by molar-refractivity contribution is 7.11. The first-order chi connectivity index (χ1) is 11.0. The monoisotopic (exact) mass is 334 g/mol. The minimum Gasteiger partial charge on any atom is -0.497 e. The minimum absolute atomic E-state index is 0.0480. The number of rotatable bonds is 6. The second kappa shape index (κ2) is 7.73. The van der Waals surface area contributed by atoms with Crippen molar-refractivity contribution in [3.63, 3.8) is 0 Å². The van der Waals surface area contributed by atoms with Crippen LogP contribution in [0.4, 0.5) is 0 Å². The van der Waals surface area contributed by atoms with Gasteiger partial charge in [0.15, 0.2) is 0 Å². The molecule has 1 unspecified atom stereocenters. The second-order valence-corrected chi connectivity index (χ2v) is 5.70. The van der Waals surface area contributed by atoms with Gasteiger partial charge >= 0.3 is 5.97 Å². The number of methoxy groups -OCH3 is 2. The number of amides is 1. The molecule has 0 spiro atoms. The fraction of sp³-hybridized carbons (Fsp3) is 0.312. The molecule has 0 aliphatic heterocycles. The van der Waals surface area contributed by atoms with Gasteiger partial charge in [-0.25, -0.2) is 4.98 Å². The van der Waals surface area contributed by atoms with E-state index in [0.29, 0.717) is 16.3 Å². The highest BCUT2D eigenvalue weighted by Gasteiger charge is 2.21. The van der Waals surface area contributed by atoms with E-state index in [1.165, 1.54) is 18.4 Å². The van der Waals surface area contributed by atoms with Crippen LogP contribution in [-0.4, -0.2) is 31.1 Å². The maximum atomic E-state index is 12.4. The zero-order valence-corrected chi connectivity index (χ0v) is 14.0. The van der Waals surface area contributed by atoms with Crippen LogP contribution >= 0.6 is 11.3 Å². The summed E-state index contributed by atoms with van der Waals surface area (Å²) < 4.78 is 9.84. The molecule has 6 nitrogen and oxygen atoms in total. The predicted molar refractivity (Wildman–Crippen MR) is 86.7 cm³/mol. The molecule has 1 atom stereocenters. The SMILES string of the molecule is COC(=O)CC(NC(=O)c1scnc1C)c1ccc(OC)cc1. The largest absolute Gasteiger partial charge is 0.497 e. The summed E-state index contributed by atoms with van der Waals surface area (Å²) in [6.45, 7) is 1.77. The van der Waals surface area contributed by atoms with Gasteiger partial charge in [0, 0.05) is 0 Å². The van der Waals surface area contributed by atoms with Crippen LogP contribution in [0.2, 0.25) is 0 Å². The number of aromatic nitrogens is 1. The summed E-state index contributed by atoms with van der Waals surface area (Å²) >= 11 is 1.27. The molecule has 1 N–H and O–H groups in total. The molecule has 0 saturated carbocycles. The fourth-order valence-electron chi connectivity index (χ4n) is 2.08. The molecule has 0 saturated heterocycles. The van der Waals surface area contributed by atoms with Gasteiger partial charge in [-0.1, -0.05) is 12.1 Å². The smallest absolute Gasteiger partial charge is 0.307 e. The van der Waals surface area contributed by atoms with Gasteiger partial charge in [-0.05, 0) is 24.6 Å². The Balaban J connectivity index is 2.21. The van der Waals surface area contributed by atoms with Crippen LogP contribution in [0.15, 0.2) is 29.8 Å². The maximum absolute atomic E-state index is 12.4. The molecule has 0 aliphatic carbocycles. The van der Waals surface area contributed by atoms with E-state index in [9.17, 15) is 9.59 Å². The lowest BCUT2D eigenvalue weighted by Gasteiger charge is -2.18. The van der Waals surface area contributed by atoms with Gasteiger partial charge in [-0.15, -0.1) is 11.3 Å². The van der Waals surface area contributed by atoms with Crippen molar-refractivity contribution < 1.29 is 19.1 Å². The van der Waals surface area contributed by atoms with Crippen LogP contribution in [0.1, 0.15) is 33.4 Å². The second-order valence-electron chi connectivity index (χ2n) is 4.85. The van der Waals surface area contributed by atoms with E-state index in [1.54, 1.807) is 31.7 Å². The molecule has 122 valence electrons. The van der Waals surface area contributed by atoms with Crippen molar-refractivity contribution in [2.45, 2.75) is 19.4 Å². The third-order valence-corrected chi connectivity index (χ3v) is 4.30. The first kappa shape index (κ1) is 17.0. The van der Waals surface area contributed by atoms with Gasteiger partial charge in [0.1, 0.15) is 10.6 Å². The molecule has 0 fully saturated rings. The van der Waals surface area contributed by atoms with Gasteiger partial charge < -0.3 is 14.8 Å². The number of benzene rings is 1. The van der Waals surface area contributed by atoms with Crippen LogP contribution in [0.5, 0.6) is 5.75 Å². The Morgan fingerprint density at radius 3 is 2.48 bits per heavy atom. The van der Waals surface area contributed by atoms with E-state index in [2.05, 4.69) is 10.3 Å². The Hall–Kier alpha value is -2.41. The molecule has 1 amide bonds. The first-order valence-electron chi connectivity index (χ1n) is 6.97. The maximum Gasteiger partial charge on any atom is 0.307 e. The Bertz CT molecular complexity index is 682. The van der Waals surface area contributed by atoms with Gasteiger partial charge in [0.2, 0.25) is 0 Å². The lowest BCUT2D eigenvalue weighted by atomic mass is 10.0. The number of thiazole rings is 1. The molecular weight excluding hydrogens is 316 g/mol. The quantitative estimate of drug-likeness (QED) is 0.821. The summed E-state index contributed by atoms with van der Waals surface area (Å²) in [7, 11) is 2.90. The van der Waals surface area contributed by atoms with Crippen molar-refractivity contribution in [2.75, 3.05) is 14.2 Å². The number of esters is 1. The average molecular weight is 334 g/mol. The normalized spacial score (nSPS) is 11.6. The Morgan fingerprint density at radius 1 is 1.26 bits per heavy atom. The van der Waals surface area contributed by atoms with Crippen LogP contribution < -0.4 is 10.1 Å². The van der Waals surface area contributed by atoms with Crippen molar-refractivity contribution in [1.29, 1.82) is 0 Å². The molecule has 0 radical (unpaired) electrons. The van der Waals surface area contributed by atoms with Crippen LogP contribution in [-0.2, 0) is 9.53 Å². The molecular formula is C16H18N2O4S. The van der Waals surface area contributed by atoms with Gasteiger partial charge in [0.25, 0.3) is 5.91 Å². The summed E-state index contributed by atoms with van der Waals surface area (Å²) in [4.78, 5) is 28.6. The van der Waals surface area contributed by atoms with Crippen LogP contribution in [0.3, 0.4) is 0 Å². The van der Waals surface area contributed by atoms with E-state index in [4.69, 9.17) is 9.47 Å². The lowest BCUT2D eigenvalue weighted by Crippen LogP contribution is -2.30. The third-order valence-electron chi connectivity index (χ3n) is 3.37. The van der Waals surface area contributed by atoms with Crippen molar-refractivity contribution in [2.24, 2.45) is 0 Å². The summed E-state index contributed by atoms with van der Waals surface area (Å²) in [5.41, 5.74) is 3.08. The molecule has 23 heavy (non-hydrogen) atoms. The van der Waals surface area contributed by atoms with Gasteiger partial charge in [-0.2, -0.15) is 0 Å². The number of hydrogen-bond donors (Lipinski definition) is 1. The summed E-state index contributed by atoms with van der Waals surface area (Å²) in [6.07, 6.45) is 0.0480. The van der Waals surface area contributed by atoms with Gasteiger partial charge in [-0.3, -0.25) is 9.59 Å². The van der Waals surface area contributed by atoms with E-state index < -0.39 is 12.0 Å². The fourth-order valence-corrected chi connectivity index (χ4v) is 2.79. The summed E-state index contributed by atoms with van der Waals surface area (Å²) in [5, 5.41) is 2.87. The number of nitrogens with zero attached hydrogens (tertiary/aromatic N) is 1. The average Bonchev–Trinajstić information content (AvgIpc) is 3.00. The Kier molecular flexibility index (Phi) is 5.70. The van der Waals surface area contributed by atoms with E-state index in [-0.39, 0.29) is 12.3 Å². The number of aryl methyl sites for hydroxylation is 1. The highest BCUT2D eigenvalue weighted by atomic mass is 32.1. The molecule has 0 bridgehead atoms. The van der Waals surface area contributed by atoms with Gasteiger partial charge in [0.05, 0.1) is 37.9 Å².